The third kappa shape index (κ3) is 2.90. The van der Waals surface area contributed by atoms with Crippen molar-refractivity contribution in [3.05, 3.63) is 53.1 Å². The molecule has 0 spiro atoms. The normalized spacial score (nSPS) is 17.9. The van der Waals surface area contributed by atoms with Crippen molar-refractivity contribution < 1.29 is 4.79 Å². The van der Waals surface area contributed by atoms with Crippen molar-refractivity contribution in [2.24, 2.45) is 5.73 Å². The number of pyridine rings is 2. The van der Waals surface area contributed by atoms with E-state index in [2.05, 4.69) is 17.1 Å². The lowest BCUT2D eigenvalue weighted by atomic mass is 9.97. The molecule has 1 fully saturated rings. The first-order chi connectivity index (χ1) is 14.4. The highest BCUT2D eigenvalue weighted by atomic mass is 16.2. The molecule has 154 valence electrons. The van der Waals surface area contributed by atoms with E-state index in [1.165, 1.54) is 0 Å². The van der Waals surface area contributed by atoms with Crippen LogP contribution in [0.25, 0.3) is 11.5 Å². The topological polar surface area (TPSA) is 103 Å². The molecule has 1 saturated carbocycles. The molecule has 1 aliphatic heterocycles. The SMILES string of the molecule is CCn1cnnc1-c1cccc(N2Cc3c(cc(C4(C)CC4)nc3[C@@H](C)N)C2=O)n1. The molecule has 0 unspecified atom stereocenters. The maximum atomic E-state index is 13.4. The Bertz CT molecular complexity index is 1150. The lowest BCUT2D eigenvalue weighted by molar-refractivity contribution is 0.0996. The van der Waals surface area contributed by atoms with Crippen molar-refractivity contribution in [1.82, 2.24) is 24.7 Å². The number of amides is 1. The zero-order valence-electron chi connectivity index (χ0n) is 17.5. The summed E-state index contributed by atoms with van der Waals surface area (Å²) >= 11 is 0. The van der Waals surface area contributed by atoms with E-state index in [9.17, 15) is 4.79 Å². The van der Waals surface area contributed by atoms with E-state index in [0.29, 0.717) is 29.4 Å². The molecular formula is C22H25N7O. The second-order valence-electron chi connectivity index (χ2n) is 8.48. The van der Waals surface area contributed by atoms with Crippen molar-refractivity contribution in [2.75, 3.05) is 4.90 Å². The number of hydrogen-bond acceptors (Lipinski definition) is 6. The number of carbonyl (C=O) groups is 1. The van der Waals surface area contributed by atoms with Crippen LogP contribution in [-0.4, -0.2) is 30.6 Å². The molecule has 30 heavy (non-hydrogen) atoms. The highest BCUT2D eigenvalue weighted by Crippen LogP contribution is 2.48. The zero-order chi connectivity index (χ0) is 21.0. The Kier molecular flexibility index (Phi) is 4.21. The predicted octanol–water partition coefficient (Wildman–Crippen LogP) is 2.99. The summed E-state index contributed by atoms with van der Waals surface area (Å²) in [6, 6.07) is 7.35. The van der Waals surface area contributed by atoms with Gasteiger partial charge in [-0.15, -0.1) is 10.2 Å². The van der Waals surface area contributed by atoms with Crippen LogP contribution in [0.15, 0.2) is 30.6 Å². The largest absolute Gasteiger partial charge is 0.323 e. The van der Waals surface area contributed by atoms with Crippen LogP contribution in [-0.2, 0) is 18.5 Å². The van der Waals surface area contributed by atoms with Gasteiger partial charge in [-0.05, 0) is 44.9 Å². The second-order valence-corrected chi connectivity index (χ2v) is 8.48. The molecule has 0 aromatic carbocycles. The summed E-state index contributed by atoms with van der Waals surface area (Å²) < 4.78 is 1.92. The molecule has 3 aromatic rings. The van der Waals surface area contributed by atoms with Crippen LogP contribution in [0.5, 0.6) is 0 Å². The minimum absolute atomic E-state index is 0.0543. The van der Waals surface area contributed by atoms with Gasteiger partial charge in [0.15, 0.2) is 5.82 Å². The summed E-state index contributed by atoms with van der Waals surface area (Å²) in [4.78, 5) is 24.7. The average molecular weight is 403 g/mol. The van der Waals surface area contributed by atoms with E-state index in [-0.39, 0.29) is 17.4 Å². The molecule has 0 saturated heterocycles. The van der Waals surface area contributed by atoms with Crippen LogP contribution < -0.4 is 10.6 Å². The number of anilines is 1. The Morgan fingerprint density at radius 1 is 1.27 bits per heavy atom. The maximum Gasteiger partial charge on any atom is 0.260 e. The van der Waals surface area contributed by atoms with Crippen molar-refractivity contribution in [1.29, 1.82) is 0 Å². The van der Waals surface area contributed by atoms with Gasteiger partial charge in [-0.3, -0.25) is 14.7 Å². The highest BCUT2D eigenvalue weighted by Gasteiger charge is 2.43. The first-order valence-corrected chi connectivity index (χ1v) is 10.4. The van der Waals surface area contributed by atoms with Crippen LogP contribution in [0.4, 0.5) is 5.82 Å². The fourth-order valence-electron chi connectivity index (χ4n) is 4.02. The Hall–Kier alpha value is -3.13. The number of nitrogens with zero attached hydrogens (tertiary/aromatic N) is 6. The molecule has 8 nitrogen and oxygen atoms in total. The summed E-state index contributed by atoms with van der Waals surface area (Å²) in [5.41, 5.74) is 10.4. The van der Waals surface area contributed by atoms with Crippen molar-refractivity contribution in [3.63, 3.8) is 0 Å². The summed E-state index contributed by atoms with van der Waals surface area (Å²) in [5, 5.41) is 8.17. The molecule has 1 amide bonds. The third-order valence-corrected chi connectivity index (χ3v) is 6.19. The van der Waals surface area contributed by atoms with Gasteiger partial charge in [0.2, 0.25) is 0 Å². The Balaban J connectivity index is 1.55. The number of hydrogen-bond donors (Lipinski definition) is 1. The number of aromatic nitrogens is 5. The Morgan fingerprint density at radius 3 is 2.77 bits per heavy atom. The van der Waals surface area contributed by atoms with Crippen LogP contribution in [0.1, 0.15) is 67.0 Å². The first kappa shape index (κ1) is 18.9. The molecule has 4 heterocycles. The minimum Gasteiger partial charge on any atom is -0.323 e. The van der Waals surface area contributed by atoms with E-state index in [1.54, 1.807) is 11.2 Å². The van der Waals surface area contributed by atoms with Gasteiger partial charge in [-0.25, -0.2) is 4.98 Å². The summed E-state index contributed by atoms with van der Waals surface area (Å²) in [6.45, 7) is 7.31. The molecular weight excluding hydrogens is 378 g/mol. The minimum atomic E-state index is -0.240. The predicted molar refractivity (Wildman–Crippen MR) is 113 cm³/mol. The van der Waals surface area contributed by atoms with Crippen LogP contribution in [0.2, 0.25) is 0 Å². The Labute approximate surface area is 175 Å². The number of rotatable bonds is 5. The molecule has 2 aliphatic rings. The number of carbonyl (C=O) groups excluding carboxylic acids is 1. The van der Waals surface area contributed by atoms with E-state index in [4.69, 9.17) is 15.7 Å². The molecule has 8 heteroatoms. The smallest absolute Gasteiger partial charge is 0.260 e. The van der Waals surface area contributed by atoms with E-state index < -0.39 is 0 Å². The van der Waals surface area contributed by atoms with Gasteiger partial charge in [0.1, 0.15) is 17.8 Å². The quantitative estimate of drug-likeness (QED) is 0.702. The van der Waals surface area contributed by atoms with Gasteiger partial charge in [-0.2, -0.15) is 0 Å². The van der Waals surface area contributed by atoms with Gasteiger partial charge in [0, 0.05) is 34.8 Å². The zero-order valence-corrected chi connectivity index (χ0v) is 17.5. The van der Waals surface area contributed by atoms with Crippen molar-refractivity contribution in [3.8, 4) is 11.5 Å². The van der Waals surface area contributed by atoms with Crippen LogP contribution in [0, 0.1) is 0 Å². The van der Waals surface area contributed by atoms with Crippen LogP contribution in [0.3, 0.4) is 0 Å². The standard InChI is InChI=1S/C22H25N7O/c1-4-28-12-24-27-20(28)16-6-5-7-18(25-16)29-11-15-14(21(29)30)10-17(22(3)8-9-22)26-19(15)13(2)23/h5-7,10,12-13H,4,8-9,11,23H2,1-3H3/t13-/m1/s1. The highest BCUT2D eigenvalue weighted by molar-refractivity contribution is 6.10. The molecule has 0 bridgehead atoms. The Morgan fingerprint density at radius 2 is 2.07 bits per heavy atom. The lowest BCUT2D eigenvalue weighted by Crippen LogP contribution is -2.24. The van der Waals surface area contributed by atoms with Gasteiger partial charge < -0.3 is 10.3 Å². The average Bonchev–Trinajstić information content (AvgIpc) is 3.19. The van der Waals surface area contributed by atoms with Crippen LogP contribution >= 0.6 is 0 Å². The van der Waals surface area contributed by atoms with Crippen molar-refractivity contribution >= 4 is 11.7 Å². The fourth-order valence-corrected chi connectivity index (χ4v) is 4.02. The number of aryl methyl sites for hydroxylation is 1. The van der Waals surface area contributed by atoms with E-state index in [0.717, 1.165) is 36.3 Å². The van der Waals surface area contributed by atoms with Gasteiger partial charge >= 0.3 is 0 Å². The van der Waals surface area contributed by atoms with Gasteiger partial charge in [0.05, 0.1) is 12.2 Å². The third-order valence-electron chi connectivity index (χ3n) is 6.19. The summed E-state index contributed by atoms with van der Waals surface area (Å²) in [7, 11) is 0. The molecule has 2 N–H and O–H groups in total. The molecule has 1 atom stereocenters. The monoisotopic (exact) mass is 403 g/mol. The molecule has 5 rings (SSSR count). The van der Waals surface area contributed by atoms with Gasteiger partial charge in [-0.1, -0.05) is 13.0 Å². The number of fused-ring (bicyclic) bond motifs is 1. The first-order valence-electron chi connectivity index (χ1n) is 10.4. The van der Waals surface area contributed by atoms with E-state index >= 15 is 0 Å². The van der Waals surface area contributed by atoms with E-state index in [1.807, 2.05) is 42.7 Å². The fraction of sp³-hybridized carbons (Fsp3) is 0.409. The maximum absolute atomic E-state index is 13.4. The summed E-state index contributed by atoms with van der Waals surface area (Å²) in [5.74, 6) is 1.22. The van der Waals surface area contributed by atoms with Crippen molar-refractivity contribution in [2.45, 2.75) is 58.2 Å². The number of nitrogens with two attached hydrogens (primary N) is 1. The summed E-state index contributed by atoms with van der Waals surface area (Å²) in [6.07, 6.45) is 3.87. The lowest BCUT2D eigenvalue weighted by Gasteiger charge is -2.16. The molecule has 3 aromatic heterocycles. The van der Waals surface area contributed by atoms with Gasteiger partial charge in [0.25, 0.3) is 5.91 Å². The molecule has 1 aliphatic carbocycles. The second kappa shape index (κ2) is 6.70. The molecule has 0 radical (unpaired) electrons.